The van der Waals surface area contributed by atoms with Crippen molar-refractivity contribution >= 4 is 78.5 Å². The van der Waals surface area contributed by atoms with Gasteiger partial charge in [0.2, 0.25) is 11.2 Å². The van der Waals surface area contributed by atoms with Gasteiger partial charge >= 0.3 is 16.3 Å². The molecule has 0 aliphatic carbocycles. The van der Waals surface area contributed by atoms with Gasteiger partial charge in [-0.05, 0) is 68.1 Å². The Morgan fingerprint density at radius 1 is 1.09 bits per heavy atom. The number of anilines is 3. The summed E-state index contributed by atoms with van der Waals surface area (Å²) in [7, 11) is -8.81. The number of quaternary nitrogens is 1. The van der Waals surface area contributed by atoms with Gasteiger partial charge in [-0.2, -0.15) is 18.5 Å². The Labute approximate surface area is 268 Å². The summed E-state index contributed by atoms with van der Waals surface area (Å²) in [6.07, 6.45) is 3.19. The third-order valence-electron chi connectivity index (χ3n) is 6.86. The van der Waals surface area contributed by atoms with Gasteiger partial charge in [0.05, 0.1) is 65.2 Å². The molecule has 1 saturated heterocycles. The summed E-state index contributed by atoms with van der Waals surface area (Å²) >= 11 is 6.92. The highest BCUT2D eigenvalue weighted by atomic mass is 35.5. The largest absolute Gasteiger partial charge is 0.398 e. The first-order valence-corrected chi connectivity index (χ1v) is 17.5. The Hall–Kier alpha value is -3.05. The molecular weight excluding hydrogens is 676 g/mol. The van der Waals surface area contributed by atoms with Crippen molar-refractivity contribution in [3.63, 3.8) is 0 Å². The average Bonchev–Trinajstić information content (AvgIpc) is 2.99. The number of rotatable bonds is 14. The summed E-state index contributed by atoms with van der Waals surface area (Å²) in [5.41, 5.74) is 6.99. The molecule has 0 radical (unpaired) electrons. The van der Waals surface area contributed by atoms with E-state index in [4.69, 9.17) is 27.1 Å². The van der Waals surface area contributed by atoms with Gasteiger partial charge in [0.1, 0.15) is 5.69 Å². The molecule has 45 heavy (non-hydrogen) atoms. The fourth-order valence-electron chi connectivity index (χ4n) is 4.61. The topological polar surface area (TPSA) is 238 Å². The van der Waals surface area contributed by atoms with Crippen LogP contribution in [-0.4, -0.2) is 73.6 Å². The third-order valence-corrected chi connectivity index (χ3v) is 9.83. The first kappa shape index (κ1) is 34.8. The molecule has 21 heteroatoms. The van der Waals surface area contributed by atoms with Crippen LogP contribution in [0.2, 0.25) is 5.28 Å². The molecule has 0 spiro atoms. The molecule has 2 heterocycles. The second-order valence-electron chi connectivity index (χ2n) is 9.72. The zero-order chi connectivity index (χ0) is 32.7. The number of piperidine rings is 1. The lowest BCUT2D eigenvalue weighted by Crippen LogP contribution is -2.53. The fourth-order valence-corrected chi connectivity index (χ4v) is 6.71. The van der Waals surface area contributed by atoms with Gasteiger partial charge in [0.15, 0.2) is 9.84 Å². The smallest absolute Gasteiger partial charge is 0.397 e. The molecule has 5 N–H and O–H groups in total. The summed E-state index contributed by atoms with van der Waals surface area (Å²) in [5.74, 6) is -0.0639. The lowest BCUT2D eigenvalue weighted by Gasteiger charge is -2.37. The number of nitrogen functional groups attached to an aromatic ring is 1. The summed E-state index contributed by atoms with van der Waals surface area (Å²) in [6, 6.07) is 8.38. The van der Waals surface area contributed by atoms with Gasteiger partial charge in [-0.25, -0.2) is 17.9 Å². The third kappa shape index (κ3) is 9.48. The van der Waals surface area contributed by atoms with Crippen molar-refractivity contribution in [2.75, 3.05) is 43.0 Å². The fraction of sp³-hybridized carbons (Fsp3) is 0.375. The predicted octanol–water partition coefficient (Wildman–Crippen LogP) is 4.80. The normalized spacial score (nSPS) is 15.4. The first-order valence-electron chi connectivity index (χ1n) is 13.3. The Balaban J connectivity index is 1.66. The minimum atomic E-state index is -4.80. The Morgan fingerprint density at radius 3 is 2.53 bits per heavy atom. The van der Waals surface area contributed by atoms with E-state index in [0.29, 0.717) is 28.2 Å². The molecule has 2 aromatic carbocycles. The van der Waals surface area contributed by atoms with Crippen LogP contribution in [0, 0.1) is 0 Å². The molecule has 0 amide bonds. The van der Waals surface area contributed by atoms with Crippen LogP contribution in [0.25, 0.3) is 0 Å². The molecule has 1 aromatic heterocycles. The average molecular weight is 706 g/mol. The van der Waals surface area contributed by atoms with E-state index >= 15 is 0 Å². The van der Waals surface area contributed by atoms with Crippen LogP contribution in [0.15, 0.2) is 56.4 Å². The van der Waals surface area contributed by atoms with Crippen molar-refractivity contribution in [3.05, 3.63) is 41.7 Å². The van der Waals surface area contributed by atoms with E-state index in [1.165, 1.54) is 36.4 Å². The highest BCUT2D eigenvalue weighted by Gasteiger charge is 2.35. The first-order chi connectivity index (χ1) is 21.3. The van der Waals surface area contributed by atoms with Crippen molar-refractivity contribution in [2.45, 2.75) is 36.0 Å². The van der Waals surface area contributed by atoms with Crippen molar-refractivity contribution in [3.8, 4) is 0 Å². The molecule has 0 atom stereocenters. The zero-order valence-electron chi connectivity index (χ0n) is 23.7. The molecule has 1 aliphatic heterocycles. The number of azo groups is 1. The minimum Gasteiger partial charge on any atom is -0.398 e. The second kappa shape index (κ2) is 15.0. The van der Waals surface area contributed by atoms with E-state index in [1.54, 1.807) is 0 Å². The molecule has 17 nitrogen and oxygen atoms in total. The maximum absolute atomic E-state index is 12.7. The van der Waals surface area contributed by atoms with Crippen molar-refractivity contribution in [1.29, 1.82) is 0 Å². The molecule has 3 aromatic rings. The lowest BCUT2D eigenvalue weighted by atomic mass is 10.1. The molecule has 0 bridgehead atoms. The number of hydrogen-bond donors (Lipinski definition) is 4. The monoisotopic (exact) mass is 705 g/mol. The van der Waals surface area contributed by atoms with Gasteiger partial charge in [-0.15, -0.1) is 19.4 Å². The van der Waals surface area contributed by atoms with Crippen LogP contribution in [-0.2, 0) is 33.8 Å². The van der Waals surface area contributed by atoms with E-state index in [0.717, 1.165) is 38.9 Å². The maximum Gasteiger partial charge on any atom is 0.397 e. The number of halogens is 1. The molecular formula is C24H30ClN8O9S3+. The number of nitrogens with two attached hydrogens (primary N) is 1. The Kier molecular flexibility index (Phi) is 11.6. The Bertz CT molecular complexity index is 1760. The van der Waals surface area contributed by atoms with Gasteiger partial charge < -0.3 is 11.1 Å². The standard InChI is InChI=1S/C24H29ClN8O9S3/c1-2-33(9-4-3-5-10-33)24-29-22(25)28-23(30-24)27-19-14-18(26)21(43-42-41-34)15-20(19)32-31-16-7-6-8-17(13-16)44(35,36)12-11-40-45(37,38)39/h6-8,13-15H,2-5,9-12,26H2,1H3,(H2-,27,28,29,30,34,37,38,39)/p+1. The van der Waals surface area contributed by atoms with Gasteiger partial charge in [0, 0.05) is 5.69 Å². The number of nitrogens with zero attached hydrogens (tertiary/aromatic N) is 6. The summed E-state index contributed by atoms with van der Waals surface area (Å²) in [4.78, 5) is 13.4. The molecule has 0 unspecified atom stereocenters. The van der Waals surface area contributed by atoms with E-state index in [1.807, 2.05) is 0 Å². The van der Waals surface area contributed by atoms with E-state index in [-0.39, 0.29) is 38.1 Å². The predicted molar refractivity (Wildman–Crippen MR) is 166 cm³/mol. The number of aromatic nitrogens is 3. The highest BCUT2D eigenvalue weighted by Crippen LogP contribution is 2.38. The van der Waals surface area contributed by atoms with Crippen LogP contribution in [0.4, 0.5) is 34.6 Å². The number of likely N-dealkylation sites (tertiary alicyclic amines) is 1. The van der Waals surface area contributed by atoms with Crippen LogP contribution >= 0.6 is 23.6 Å². The van der Waals surface area contributed by atoms with Gasteiger partial charge in [0.25, 0.3) is 0 Å². The van der Waals surface area contributed by atoms with Gasteiger partial charge in [-0.1, -0.05) is 11.1 Å². The zero-order valence-corrected chi connectivity index (χ0v) is 26.9. The molecule has 244 valence electrons. The van der Waals surface area contributed by atoms with Crippen molar-refractivity contribution < 1.29 is 40.2 Å². The highest BCUT2D eigenvalue weighted by molar-refractivity contribution is 7.94. The number of benzene rings is 2. The molecule has 1 fully saturated rings. The van der Waals surface area contributed by atoms with Crippen LogP contribution in [0.3, 0.4) is 0 Å². The molecule has 4 rings (SSSR count). The SMILES string of the molecule is CC[N+]1(c2nc(Cl)nc(Nc3cc(N)c(SOOO)cc3N=Nc3cccc(S(=O)(=O)CCOS(=O)(=O)O)c3)n2)CCCCC1. The summed E-state index contributed by atoms with van der Waals surface area (Å²) in [6.45, 7) is 3.78. The van der Waals surface area contributed by atoms with Crippen LogP contribution in [0.1, 0.15) is 26.2 Å². The van der Waals surface area contributed by atoms with E-state index < -0.39 is 32.6 Å². The Morgan fingerprint density at radius 2 is 1.84 bits per heavy atom. The number of hydrogen-bond acceptors (Lipinski definition) is 16. The summed E-state index contributed by atoms with van der Waals surface area (Å²) < 4.78 is 64.7. The van der Waals surface area contributed by atoms with Crippen LogP contribution in [0.5, 0.6) is 0 Å². The van der Waals surface area contributed by atoms with Gasteiger partial charge in [-0.3, -0.25) is 9.04 Å². The minimum absolute atomic E-state index is 0.00384. The van der Waals surface area contributed by atoms with Crippen molar-refractivity contribution in [2.24, 2.45) is 10.2 Å². The number of nitrogens with one attached hydrogen (secondary N) is 1. The maximum atomic E-state index is 12.7. The summed E-state index contributed by atoms with van der Waals surface area (Å²) in [5, 5.41) is 23.8. The lowest BCUT2D eigenvalue weighted by molar-refractivity contribution is -0.432. The quantitative estimate of drug-likeness (QED) is 0.0335. The van der Waals surface area contributed by atoms with E-state index in [2.05, 4.69) is 51.0 Å². The van der Waals surface area contributed by atoms with Crippen molar-refractivity contribution in [1.82, 2.24) is 19.4 Å². The second-order valence-corrected chi connectivity index (χ2v) is 14.0. The van der Waals surface area contributed by atoms with Crippen LogP contribution < -0.4 is 15.5 Å². The molecule has 0 saturated carbocycles. The van der Waals surface area contributed by atoms with E-state index in [9.17, 15) is 16.8 Å². The molecule has 1 aliphatic rings. The number of sulfone groups is 1.